The first-order chi connectivity index (χ1) is 6.86. The molecule has 1 fully saturated rings. The van der Waals surface area contributed by atoms with Gasteiger partial charge in [0.1, 0.15) is 12.2 Å². The van der Waals surface area contributed by atoms with Crippen molar-refractivity contribution >= 4 is 11.8 Å². The van der Waals surface area contributed by atoms with Crippen molar-refractivity contribution < 1.29 is 0 Å². The van der Waals surface area contributed by atoms with Crippen LogP contribution in [0.4, 0.5) is 0 Å². The first-order valence-electron chi connectivity index (χ1n) is 5.05. The van der Waals surface area contributed by atoms with E-state index in [0.29, 0.717) is 6.04 Å². The van der Waals surface area contributed by atoms with Gasteiger partial charge in [0, 0.05) is 6.04 Å². The zero-order valence-corrected chi connectivity index (χ0v) is 9.18. The molecule has 0 spiro atoms. The summed E-state index contributed by atoms with van der Waals surface area (Å²) in [4.78, 5) is 4.15. The Bertz CT molecular complexity index is 256. The molecule has 0 saturated carbocycles. The number of H-pyrrole nitrogens is 1. The van der Waals surface area contributed by atoms with Crippen molar-refractivity contribution in [3.8, 4) is 0 Å². The van der Waals surface area contributed by atoms with Crippen molar-refractivity contribution in [3.63, 3.8) is 0 Å². The van der Waals surface area contributed by atoms with Gasteiger partial charge in [-0.1, -0.05) is 0 Å². The topological polar surface area (TPSA) is 53.6 Å². The molecule has 1 aliphatic heterocycles. The number of aromatic nitrogens is 3. The average Bonchev–Trinajstić information content (AvgIpc) is 2.72. The number of hydrogen-bond acceptors (Lipinski definition) is 4. The zero-order valence-electron chi connectivity index (χ0n) is 8.36. The second-order valence-corrected chi connectivity index (χ2v) is 4.87. The molecule has 1 atom stereocenters. The van der Waals surface area contributed by atoms with Gasteiger partial charge >= 0.3 is 0 Å². The first kappa shape index (κ1) is 9.98. The van der Waals surface area contributed by atoms with Gasteiger partial charge in [0.05, 0.1) is 6.04 Å². The van der Waals surface area contributed by atoms with Crippen LogP contribution in [0.25, 0.3) is 0 Å². The summed E-state index contributed by atoms with van der Waals surface area (Å²) in [6.45, 7) is 2.13. The molecule has 1 unspecified atom stereocenters. The molecule has 2 rings (SSSR count). The van der Waals surface area contributed by atoms with Crippen LogP contribution in [0.1, 0.15) is 31.6 Å². The fourth-order valence-corrected chi connectivity index (χ4v) is 2.83. The van der Waals surface area contributed by atoms with E-state index in [0.717, 1.165) is 5.82 Å². The highest BCUT2D eigenvalue weighted by molar-refractivity contribution is 7.99. The van der Waals surface area contributed by atoms with Crippen LogP contribution in [0.15, 0.2) is 6.33 Å². The quantitative estimate of drug-likeness (QED) is 0.794. The largest absolute Gasteiger partial charge is 0.305 e. The van der Waals surface area contributed by atoms with Gasteiger partial charge in [-0.15, -0.1) is 0 Å². The van der Waals surface area contributed by atoms with E-state index in [1.807, 2.05) is 11.8 Å². The molecule has 0 radical (unpaired) electrons. The first-order valence-corrected chi connectivity index (χ1v) is 6.21. The van der Waals surface area contributed by atoms with Gasteiger partial charge in [0.25, 0.3) is 0 Å². The Morgan fingerprint density at radius 1 is 1.57 bits per heavy atom. The van der Waals surface area contributed by atoms with Crippen molar-refractivity contribution in [2.45, 2.75) is 31.8 Å². The van der Waals surface area contributed by atoms with E-state index in [4.69, 9.17) is 0 Å². The van der Waals surface area contributed by atoms with Crippen LogP contribution in [0.5, 0.6) is 0 Å². The third-order valence-electron chi connectivity index (χ3n) is 2.55. The van der Waals surface area contributed by atoms with Crippen LogP contribution in [0.2, 0.25) is 0 Å². The number of rotatable bonds is 3. The molecule has 0 aliphatic carbocycles. The van der Waals surface area contributed by atoms with Crippen LogP contribution in [0.3, 0.4) is 0 Å². The predicted molar refractivity (Wildman–Crippen MR) is 58.3 cm³/mol. The Kier molecular flexibility index (Phi) is 3.42. The van der Waals surface area contributed by atoms with E-state index in [-0.39, 0.29) is 6.04 Å². The maximum absolute atomic E-state index is 4.15. The molecule has 5 heteroatoms. The molecule has 2 heterocycles. The average molecular weight is 212 g/mol. The van der Waals surface area contributed by atoms with Gasteiger partial charge in [0.15, 0.2) is 0 Å². The summed E-state index contributed by atoms with van der Waals surface area (Å²) in [5, 5.41) is 10.3. The number of nitrogens with zero attached hydrogens (tertiary/aromatic N) is 2. The van der Waals surface area contributed by atoms with Crippen LogP contribution >= 0.6 is 11.8 Å². The minimum absolute atomic E-state index is 0.283. The van der Waals surface area contributed by atoms with Gasteiger partial charge in [-0.3, -0.25) is 5.10 Å². The van der Waals surface area contributed by atoms with Crippen LogP contribution in [-0.2, 0) is 0 Å². The second-order valence-electron chi connectivity index (χ2n) is 3.65. The molecule has 0 amide bonds. The van der Waals surface area contributed by atoms with E-state index in [1.54, 1.807) is 6.33 Å². The minimum Gasteiger partial charge on any atom is -0.305 e. The van der Waals surface area contributed by atoms with E-state index in [2.05, 4.69) is 27.4 Å². The molecule has 2 N–H and O–H groups in total. The van der Waals surface area contributed by atoms with E-state index in [9.17, 15) is 0 Å². The summed E-state index contributed by atoms with van der Waals surface area (Å²) in [6, 6.07) is 0.932. The summed E-state index contributed by atoms with van der Waals surface area (Å²) < 4.78 is 0. The highest BCUT2D eigenvalue weighted by Crippen LogP contribution is 2.19. The van der Waals surface area contributed by atoms with Crippen LogP contribution < -0.4 is 5.32 Å². The molecule has 1 saturated heterocycles. The van der Waals surface area contributed by atoms with Crippen LogP contribution in [-0.4, -0.2) is 32.7 Å². The van der Waals surface area contributed by atoms with Crippen molar-refractivity contribution in [2.24, 2.45) is 0 Å². The molecule has 1 aliphatic rings. The van der Waals surface area contributed by atoms with E-state index in [1.165, 1.54) is 24.3 Å². The lowest BCUT2D eigenvalue weighted by Crippen LogP contribution is -2.34. The second kappa shape index (κ2) is 4.79. The monoisotopic (exact) mass is 212 g/mol. The van der Waals surface area contributed by atoms with Crippen molar-refractivity contribution in [1.29, 1.82) is 0 Å². The molecule has 1 aromatic heterocycles. The Morgan fingerprint density at radius 2 is 2.36 bits per heavy atom. The Labute approximate surface area is 88.3 Å². The number of thioether (sulfide) groups is 1. The molecule has 0 aromatic carbocycles. The van der Waals surface area contributed by atoms with Crippen molar-refractivity contribution in [3.05, 3.63) is 12.2 Å². The van der Waals surface area contributed by atoms with Gasteiger partial charge < -0.3 is 5.32 Å². The fourth-order valence-electron chi connectivity index (χ4n) is 1.72. The Balaban J connectivity index is 1.84. The molecule has 14 heavy (non-hydrogen) atoms. The lowest BCUT2D eigenvalue weighted by atomic mass is 10.1. The maximum Gasteiger partial charge on any atom is 0.141 e. The van der Waals surface area contributed by atoms with Crippen molar-refractivity contribution in [2.75, 3.05) is 11.5 Å². The summed E-state index contributed by atoms with van der Waals surface area (Å²) in [5.41, 5.74) is 0. The third-order valence-corrected chi connectivity index (χ3v) is 3.60. The molecule has 4 nitrogen and oxygen atoms in total. The standard InChI is InChI=1S/C9H16N4S/c1-7(9-10-6-11-13-9)12-8-2-4-14-5-3-8/h6-8,12H,2-5H2,1H3,(H,10,11,13). The predicted octanol–water partition coefficient (Wildman–Crippen LogP) is 1.35. The lowest BCUT2D eigenvalue weighted by molar-refractivity contribution is 0.420. The summed E-state index contributed by atoms with van der Waals surface area (Å²) >= 11 is 2.05. The lowest BCUT2D eigenvalue weighted by Gasteiger charge is -2.25. The number of nitrogens with one attached hydrogen (secondary N) is 2. The summed E-state index contributed by atoms with van der Waals surface area (Å²) in [7, 11) is 0. The summed E-state index contributed by atoms with van der Waals surface area (Å²) in [6.07, 6.45) is 4.09. The Morgan fingerprint density at radius 3 is 3.00 bits per heavy atom. The maximum atomic E-state index is 4.15. The van der Waals surface area contributed by atoms with Crippen LogP contribution in [0, 0.1) is 0 Å². The normalized spacial score (nSPS) is 20.9. The molecule has 78 valence electrons. The van der Waals surface area contributed by atoms with Gasteiger partial charge in [-0.2, -0.15) is 16.9 Å². The van der Waals surface area contributed by atoms with Crippen molar-refractivity contribution in [1.82, 2.24) is 20.5 Å². The smallest absolute Gasteiger partial charge is 0.141 e. The minimum atomic E-state index is 0.283. The Hall–Kier alpha value is -0.550. The SMILES string of the molecule is CC(NC1CCSCC1)c1ncn[nH]1. The van der Waals surface area contributed by atoms with Gasteiger partial charge in [-0.25, -0.2) is 4.98 Å². The van der Waals surface area contributed by atoms with E-state index >= 15 is 0 Å². The molecule has 0 bridgehead atoms. The van der Waals surface area contributed by atoms with Gasteiger partial charge in [-0.05, 0) is 31.3 Å². The summed E-state index contributed by atoms with van der Waals surface area (Å²) in [5.74, 6) is 3.49. The molecular formula is C9H16N4S. The van der Waals surface area contributed by atoms with Gasteiger partial charge in [0.2, 0.25) is 0 Å². The fraction of sp³-hybridized carbons (Fsp3) is 0.778. The zero-order chi connectivity index (χ0) is 9.80. The number of aromatic amines is 1. The third kappa shape index (κ3) is 2.48. The highest BCUT2D eigenvalue weighted by Gasteiger charge is 2.17. The molecule has 1 aromatic rings. The number of hydrogen-bond donors (Lipinski definition) is 2. The highest BCUT2D eigenvalue weighted by atomic mass is 32.2. The molecular weight excluding hydrogens is 196 g/mol. The van der Waals surface area contributed by atoms with E-state index < -0.39 is 0 Å².